The van der Waals surface area contributed by atoms with Crippen LogP contribution in [0.4, 0.5) is 10.2 Å². The summed E-state index contributed by atoms with van der Waals surface area (Å²) in [7, 11) is 1.57. The average molecular weight is 402 g/mol. The van der Waals surface area contributed by atoms with Crippen molar-refractivity contribution in [2.75, 3.05) is 38.7 Å². The van der Waals surface area contributed by atoms with E-state index in [2.05, 4.69) is 15.3 Å². The highest BCUT2D eigenvalue weighted by Crippen LogP contribution is 2.28. The number of benzene rings is 1. The van der Waals surface area contributed by atoms with Crippen molar-refractivity contribution in [3.8, 4) is 5.75 Å². The molecule has 0 spiro atoms. The lowest BCUT2D eigenvalue weighted by Gasteiger charge is -2.33. The number of likely N-dealkylation sites (tertiary alicyclic amines) is 1. The molecule has 8 heteroatoms. The van der Waals surface area contributed by atoms with E-state index in [9.17, 15) is 9.18 Å². The zero-order chi connectivity index (χ0) is 20.2. The van der Waals surface area contributed by atoms with E-state index in [0.29, 0.717) is 19.0 Å². The van der Waals surface area contributed by atoms with E-state index in [4.69, 9.17) is 9.47 Å². The van der Waals surface area contributed by atoms with Gasteiger partial charge in [-0.2, -0.15) is 5.10 Å². The summed E-state index contributed by atoms with van der Waals surface area (Å²) in [5, 5.41) is 7.47. The first-order valence-corrected chi connectivity index (χ1v) is 10.1. The number of hydrogen-bond acceptors (Lipinski definition) is 5. The second-order valence-electron chi connectivity index (χ2n) is 7.67. The predicted molar refractivity (Wildman–Crippen MR) is 106 cm³/mol. The standard InChI is InChI=1S/C21H27FN4O3/c1-28-19-12-17(22)3-2-15(19)13-25-9-5-18(6-10-25)26-20(4-8-23-26)24-21(27)16-7-11-29-14-16/h2-4,8,12,16,18H,5-7,9-11,13-14H2,1H3,(H,24,27)/t16-/m1/s1. The molecule has 0 radical (unpaired) electrons. The van der Waals surface area contributed by atoms with Crippen LogP contribution in [0.5, 0.6) is 5.75 Å². The highest BCUT2D eigenvalue weighted by Gasteiger charge is 2.27. The first kappa shape index (κ1) is 19.8. The zero-order valence-electron chi connectivity index (χ0n) is 16.6. The first-order chi connectivity index (χ1) is 14.1. The van der Waals surface area contributed by atoms with Gasteiger partial charge in [0.1, 0.15) is 17.4 Å². The maximum absolute atomic E-state index is 13.4. The molecule has 156 valence electrons. The summed E-state index contributed by atoms with van der Waals surface area (Å²) < 4.78 is 26.0. The third-order valence-corrected chi connectivity index (χ3v) is 5.77. The van der Waals surface area contributed by atoms with Crippen molar-refractivity contribution < 1.29 is 18.7 Å². The molecule has 0 aliphatic carbocycles. The van der Waals surface area contributed by atoms with Gasteiger partial charge in [0, 0.05) is 43.9 Å². The number of aromatic nitrogens is 2. The van der Waals surface area contributed by atoms with Gasteiger partial charge in [-0.15, -0.1) is 0 Å². The molecule has 2 aromatic rings. The second-order valence-corrected chi connectivity index (χ2v) is 7.67. The van der Waals surface area contributed by atoms with E-state index in [1.54, 1.807) is 19.4 Å². The average Bonchev–Trinajstić information content (AvgIpc) is 3.42. The van der Waals surface area contributed by atoms with Crippen LogP contribution in [0.25, 0.3) is 0 Å². The Morgan fingerprint density at radius 2 is 2.14 bits per heavy atom. The summed E-state index contributed by atoms with van der Waals surface area (Å²) in [4.78, 5) is 14.7. The first-order valence-electron chi connectivity index (χ1n) is 10.1. The molecule has 29 heavy (non-hydrogen) atoms. The Hall–Kier alpha value is -2.45. The van der Waals surface area contributed by atoms with Crippen molar-refractivity contribution >= 4 is 11.7 Å². The fourth-order valence-corrected chi connectivity index (χ4v) is 4.09. The molecule has 4 rings (SSSR count). The fourth-order valence-electron chi connectivity index (χ4n) is 4.09. The second kappa shape index (κ2) is 8.92. The predicted octanol–water partition coefficient (Wildman–Crippen LogP) is 2.84. The summed E-state index contributed by atoms with van der Waals surface area (Å²) in [6, 6.07) is 6.78. The van der Waals surface area contributed by atoms with E-state index < -0.39 is 0 Å². The van der Waals surface area contributed by atoms with Crippen LogP contribution >= 0.6 is 0 Å². The van der Waals surface area contributed by atoms with Crippen LogP contribution in [-0.4, -0.2) is 54.0 Å². The van der Waals surface area contributed by atoms with Gasteiger partial charge in [-0.1, -0.05) is 6.07 Å². The fraction of sp³-hybridized carbons (Fsp3) is 0.524. The molecule has 1 N–H and O–H groups in total. The molecule has 1 amide bonds. The van der Waals surface area contributed by atoms with Crippen molar-refractivity contribution in [1.29, 1.82) is 0 Å². The Balaban J connectivity index is 1.34. The quantitative estimate of drug-likeness (QED) is 0.805. The van der Waals surface area contributed by atoms with Crippen LogP contribution in [0, 0.1) is 11.7 Å². The lowest BCUT2D eigenvalue weighted by molar-refractivity contribution is -0.119. The molecular weight excluding hydrogens is 375 g/mol. The molecular formula is C21H27FN4O3. The number of amides is 1. The Morgan fingerprint density at radius 1 is 1.31 bits per heavy atom. The van der Waals surface area contributed by atoms with Gasteiger partial charge < -0.3 is 14.8 Å². The van der Waals surface area contributed by atoms with Crippen LogP contribution in [0.3, 0.4) is 0 Å². The van der Waals surface area contributed by atoms with Crippen molar-refractivity contribution in [1.82, 2.24) is 14.7 Å². The maximum atomic E-state index is 13.4. The Morgan fingerprint density at radius 3 is 2.86 bits per heavy atom. The minimum absolute atomic E-state index is 0.00471. The lowest BCUT2D eigenvalue weighted by Crippen LogP contribution is -2.35. The molecule has 2 saturated heterocycles. The number of ether oxygens (including phenoxy) is 2. The molecule has 0 saturated carbocycles. The van der Waals surface area contributed by atoms with Crippen LogP contribution in [-0.2, 0) is 16.1 Å². The molecule has 2 fully saturated rings. The number of carbonyl (C=O) groups is 1. The van der Waals surface area contributed by atoms with Gasteiger partial charge in [0.2, 0.25) is 5.91 Å². The molecule has 7 nitrogen and oxygen atoms in total. The summed E-state index contributed by atoms with van der Waals surface area (Å²) >= 11 is 0. The minimum atomic E-state index is -0.290. The van der Waals surface area contributed by atoms with Gasteiger partial charge in [-0.05, 0) is 25.3 Å². The lowest BCUT2D eigenvalue weighted by atomic mass is 10.0. The summed E-state index contributed by atoms with van der Waals surface area (Å²) in [6.45, 7) is 3.66. The number of methoxy groups -OCH3 is 1. The van der Waals surface area contributed by atoms with Gasteiger partial charge in [-0.3, -0.25) is 9.69 Å². The number of nitrogens with one attached hydrogen (secondary N) is 1. The van der Waals surface area contributed by atoms with Gasteiger partial charge in [0.05, 0.1) is 31.9 Å². The van der Waals surface area contributed by atoms with E-state index in [-0.39, 0.29) is 23.7 Å². The van der Waals surface area contributed by atoms with E-state index in [0.717, 1.165) is 50.3 Å². The van der Waals surface area contributed by atoms with Gasteiger partial charge in [-0.25, -0.2) is 9.07 Å². The molecule has 1 aromatic heterocycles. The summed E-state index contributed by atoms with van der Waals surface area (Å²) in [5.41, 5.74) is 0.984. The van der Waals surface area contributed by atoms with E-state index >= 15 is 0 Å². The van der Waals surface area contributed by atoms with Crippen LogP contribution in [0.2, 0.25) is 0 Å². The number of nitrogens with zero attached hydrogens (tertiary/aromatic N) is 3. The van der Waals surface area contributed by atoms with Crippen molar-refractivity contribution in [3.05, 3.63) is 41.8 Å². The van der Waals surface area contributed by atoms with Gasteiger partial charge in [0.25, 0.3) is 0 Å². The topological polar surface area (TPSA) is 68.6 Å². The molecule has 0 unspecified atom stereocenters. The van der Waals surface area contributed by atoms with Crippen molar-refractivity contribution in [3.63, 3.8) is 0 Å². The number of anilines is 1. The smallest absolute Gasteiger partial charge is 0.231 e. The van der Waals surface area contributed by atoms with Crippen LogP contribution in [0.15, 0.2) is 30.5 Å². The van der Waals surface area contributed by atoms with Crippen LogP contribution < -0.4 is 10.1 Å². The monoisotopic (exact) mass is 402 g/mol. The molecule has 0 bridgehead atoms. The number of hydrogen-bond donors (Lipinski definition) is 1. The third-order valence-electron chi connectivity index (χ3n) is 5.77. The normalized spacial score (nSPS) is 20.7. The van der Waals surface area contributed by atoms with E-state index in [1.165, 1.54) is 12.1 Å². The summed E-state index contributed by atoms with van der Waals surface area (Å²) in [5.74, 6) is 0.971. The third kappa shape index (κ3) is 4.59. The van der Waals surface area contributed by atoms with Crippen molar-refractivity contribution in [2.24, 2.45) is 5.92 Å². The number of piperidine rings is 1. The summed E-state index contributed by atoms with van der Waals surface area (Å²) in [6.07, 6.45) is 4.36. The number of rotatable bonds is 6. The number of carbonyl (C=O) groups excluding carboxylic acids is 1. The molecule has 1 atom stereocenters. The molecule has 2 aliphatic rings. The highest BCUT2D eigenvalue weighted by molar-refractivity contribution is 5.92. The minimum Gasteiger partial charge on any atom is -0.496 e. The number of halogens is 1. The zero-order valence-corrected chi connectivity index (χ0v) is 16.6. The molecule has 1 aromatic carbocycles. The largest absolute Gasteiger partial charge is 0.496 e. The SMILES string of the molecule is COc1cc(F)ccc1CN1CCC(n2nccc2NC(=O)[C@@H]2CCOC2)CC1. The highest BCUT2D eigenvalue weighted by atomic mass is 19.1. The Bertz CT molecular complexity index is 842. The molecule has 2 aliphatic heterocycles. The Kier molecular flexibility index (Phi) is 6.10. The van der Waals surface area contributed by atoms with E-state index in [1.807, 2.05) is 10.7 Å². The van der Waals surface area contributed by atoms with Gasteiger partial charge >= 0.3 is 0 Å². The maximum Gasteiger partial charge on any atom is 0.231 e. The molecule has 3 heterocycles. The van der Waals surface area contributed by atoms with Gasteiger partial charge in [0.15, 0.2) is 0 Å². The van der Waals surface area contributed by atoms with Crippen molar-refractivity contribution in [2.45, 2.75) is 31.8 Å². The van der Waals surface area contributed by atoms with Crippen LogP contribution in [0.1, 0.15) is 30.9 Å². The Labute approximate surface area is 169 Å².